The van der Waals surface area contributed by atoms with E-state index >= 15 is 0 Å². The number of ether oxygens (including phenoxy) is 2. The van der Waals surface area contributed by atoms with Crippen molar-refractivity contribution in [2.24, 2.45) is 5.10 Å². The van der Waals surface area contributed by atoms with Gasteiger partial charge in [0.05, 0.1) is 34.3 Å². The molecular formula is C29H18Br2ClN3O4. The summed E-state index contributed by atoms with van der Waals surface area (Å²) in [5.41, 5.74) is 1.63. The van der Waals surface area contributed by atoms with Crippen LogP contribution in [0.1, 0.15) is 15.9 Å². The van der Waals surface area contributed by atoms with Gasteiger partial charge in [-0.1, -0.05) is 39.7 Å². The van der Waals surface area contributed by atoms with Crippen molar-refractivity contribution in [1.29, 1.82) is 0 Å². The van der Waals surface area contributed by atoms with Crippen molar-refractivity contribution in [3.8, 4) is 22.9 Å². The van der Waals surface area contributed by atoms with Crippen molar-refractivity contribution in [2.45, 2.75) is 0 Å². The predicted molar refractivity (Wildman–Crippen MR) is 159 cm³/mol. The molecule has 1 aromatic heterocycles. The Kier molecular flexibility index (Phi) is 7.92. The molecule has 0 amide bonds. The molecule has 0 atom stereocenters. The number of fused-ring (bicyclic) bond motifs is 1. The summed E-state index contributed by atoms with van der Waals surface area (Å²) in [6, 6.07) is 24.1. The summed E-state index contributed by atoms with van der Waals surface area (Å²) in [5, 5.41) is 5.43. The number of aromatic nitrogens is 2. The maximum atomic E-state index is 13.5. The number of hydrogen-bond acceptors (Lipinski definition) is 6. The number of esters is 1. The first-order valence-corrected chi connectivity index (χ1v) is 13.5. The standard InChI is InChI=1S/C29H18Br2ClN3O4/c1-38-22-12-8-17(9-13-22)27-34-25-5-3-2-4-23(25)28(36)35(27)33-16-19-14-20(30)15-24(31)26(19)39-29(37)18-6-10-21(32)11-7-18/h2-16H,1H3. The predicted octanol–water partition coefficient (Wildman–Crippen LogP) is 7.35. The zero-order valence-corrected chi connectivity index (χ0v) is 24.2. The summed E-state index contributed by atoms with van der Waals surface area (Å²) >= 11 is 12.9. The Bertz CT molecular complexity index is 1790. The van der Waals surface area contributed by atoms with Crippen LogP contribution in [0.4, 0.5) is 0 Å². The van der Waals surface area contributed by atoms with Gasteiger partial charge in [0.25, 0.3) is 5.56 Å². The third kappa shape index (κ3) is 5.80. The summed E-state index contributed by atoms with van der Waals surface area (Å²) in [4.78, 5) is 31.1. The van der Waals surface area contributed by atoms with Gasteiger partial charge in [-0.2, -0.15) is 9.78 Å². The lowest BCUT2D eigenvalue weighted by atomic mass is 10.2. The van der Waals surface area contributed by atoms with Gasteiger partial charge in [-0.05, 0) is 88.7 Å². The summed E-state index contributed by atoms with van der Waals surface area (Å²) in [5.74, 6) is 0.664. The minimum absolute atomic E-state index is 0.231. The number of benzene rings is 4. The Morgan fingerprint density at radius 1 is 1.00 bits per heavy atom. The third-order valence-electron chi connectivity index (χ3n) is 5.73. The second-order valence-electron chi connectivity index (χ2n) is 8.24. The fourth-order valence-electron chi connectivity index (χ4n) is 3.80. The van der Waals surface area contributed by atoms with Crippen LogP contribution in [0, 0.1) is 0 Å². The number of para-hydroxylation sites is 1. The molecule has 0 saturated carbocycles. The van der Waals surface area contributed by atoms with Crippen LogP contribution in [-0.2, 0) is 0 Å². The van der Waals surface area contributed by atoms with Gasteiger partial charge in [0.15, 0.2) is 11.6 Å². The smallest absolute Gasteiger partial charge is 0.343 e. The zero-order chi connectivity index (χ0) is 27.5. The number of halogens is 3. The van der Waals surface area contributed by atoms with E-state index in [-0.39, 0.29) is 11.3 Å². The Labute approximate surface area is 244 Å². The first-order chi connectivity index (χ1) is 18.8. The van der Waals surface area contributed by atoms with Crippen LogP contribution < -0.4 is 15.0 Å². The van der Waals surface area contributed by atoms with E-state index in [0.717, 1.165) is 0 Å². The van der Waals surface area contributed by atoms with E-state index in [2.05, 4.69) is 37.0 Å². The second-order valence-corrected chi connectivity index (χ2v) is 10.5. The molecular weight excluding hydrogens is 650 g/mol. The van der Waals surface area contributed by atoms with Gasteiger partial charge in [-0.3, -0.25) is 4.79 Å². The monoisotopic (exact) mass is 665 g/mol. The molecule has 39 heavy (non-hydrogen) atoms. The quantitative estimate of drug-likeness (QED) is 0.107. The normalized spacial score (nSPS) is 11.2. The highest BCUT2D eigenvalue weighted by molar-refractivity contribution is 9.11. The molecule has 0 spiro atoms. The van der Waals surface area contributed by atoms with Crippen molar-refractivity contribution >= 4 is 66.5 Å². The average molecular weight is 668 g/mol. The van der Waals surface area contributed by atoms with E-state index < -0.39 is 5.97 Å². The maximum absolute atomic E-state index is 13.5. The second kappa shape index (κ2) is 11.5. The molecule has 194 valence electrons. The van der Waals surface area contributed by atoms with Crippen LogP contribution in [0.15, 0.2) is 104 Å². The molecule has 5 aromatic rings. The molecule has 4 aromatic carbocycles. The first-order valence-electron chi connectivity index (χ1n) is 11.5. The van der Waals surface area contributed by atoms with Crippen molar-refractivity contribution in [3.63, 3.8) is 0 Å². The van der Waals surface area contributed by atoms with Crippen molar-refractivity contribution in [3.05, 3.63) is 120 Å². The topological polar surface area (TPSA) is 82.8 Å². The molecule has 0 aliphatic heterocycles. The number of methoxy groups -OCH3 is 1. The minimum Gasteiger partial charge on any atom is -0.497 e. The van der Waals surface area contributed by atoms with Crippen LogP contribution in [-0.4, -0.2) is 29.0 Å². The maximum Gasteiger partial charge on any atom is 0.343 e. The average Bonchev–Trinajstić information content (AvgIpc) is 2.94. The summed E-state index contributed by atoms with van der Waals surface area (Å²) in [6.45, 7) is 0. The van der Waals surface area contributed by atoms with Crippen molar-refractivity contribution < 1.29 is 14.3 Å². The Balaban J connectivity index is 1.61. The zero-order valence-electron chi connectivity index (χ0n) is 20.3. The number of carbonyl (C=O) groups is 1. The van der Waals surface area contributed by atoms with Gasteiger partial charge in [0.1, 0.15) is 5.75 Å². The van der Waals surface area contributed by atoms with Crippen LogP contribution in [0.2, 0.25) is 5.02 Å². The highest BCUT2D eigenvalue weighted by Crippen LogP contribution is 2.33. The Hall–Kier alpha value is -3.79. The molecule has 0 aliphatic rings. The molecule has 0 fully saturated rings. The highest BCUT2D eigenvalue weighted by Gasteiger charge is 2.17. The van der Waals surface area contributed by atoms with Crippen LogP contribution in [0.25, 0.3) is 22.3 Å². The van der Waals surface area contributed by atoms with Gasteiger partial charge in [-0.15, -0.1) is 0 Å². The molecule has 10 heteroatoms. The first kappa shape index (κ1) is 26.8. The largest absolute Gasteiger partial charge is 0.497 e. The van der Waals surface area contributed by atoms with Crippen LogP contribution >= 0.6 is 43.5 Å². The number of hydrogen-bond donors (Lipinski definition) is 0. The van der Waals surface area contributed by atoms with E-state index in [9.17, 15) is 9.59 Å². The lowest BCUT2D eigenvalue weighted by Gasteiger charge is -2.12. The Morgan fingerprint density at radius 3 is 2.44 bits per heavy atom. The van der Waals surface area contributed by atoms with E-state index in [1.54, 1.807) is 86.0 Å². The molecule has 0 saturated heterocycles. The molecule has 0 radical (unpaired) electrons. The summed E-state index contributed by atoms with van der Waals surface area (Å²) in [7, 11) is 1.58. The van der Waals surface area contributed by atoms with E-state index in [0.29, 0.717) is 53.1 Å². The van der Waals surface area contributed by atoms with Crippen molar-refractivity contribution in [2.75, 3.05) is 7.11 Å². The Morgan fingerprint density at radius 2 is 1.72 bits per heavy atom. The number of nitrogens with zero attached hydrogens (tertiary/aromatic N) is 3. The molecule has 7 nitrogen and oxygen atoms in total. The van der Waals surface area contributed by atoms with Gasteiger partial charge < -0.3 is 9.47 Å². The van der Waals surface area contributed by atoms with Crippen molar-refractivity contribution in [1.82, 2.24) is 9.66 Å². The van der Waals surface area contributed by atoms with E-state index in [4.69, 9.17) is 26.1 Å². The summed E-state index contributed by atoms with van der Waals surface area (Å²) < 4.78 is 13.4. The molecule has 5 rings (SSSR count). The van der Waals surface area contributed by atoms with Crippen LogP contribution in [0.3, 0.4) is 0 Å². The SMILES string of the molecule is COc1ccc(-c2nc3ccccc3c(=O)n2N=Cc2cc(Br)cc(Br)c2OC(=O)c2ccc(Cl)cc2)cc1. The van der Waals surface area contributed by atoms with Crippen LogP contribution in [0.5, 0.6) is 11.5 Å². The lowest BCUT2D eigenvalue weighted by molar-refractivity contribution is 0.0733. The third-order valence-corrected chi connectivity index (χ3v) is 7.02. The van der Waals surface area contributed by atoms with Gasteiger partial charge in [0, 0.05) is 20.6 Å². The fraction of sp³-hybridized carbons (Fsp3) is 0.0345. The molecule has 1 heterocycles. The van der Waals surface area contributed by atoms with Gasteiger partial charge in [-0.25, -0.2) is 9.78 Å². The summed E-state index contributed by atoms with van der Waals surface area (Å²) in [6.07, 6.45) is 1.45. The lowest BCUT2D eigenvalue weighted by Crippen LogP contribution is -2.20. The van der Waals surface area contributed by atoms with E-state index in [1.165, 1.54) is 10.9 Å². The van der Waals surface area contributed by atoms with E-state index in [1.807, 2.05) is 6.07 Å². The fourth-order valence-corrected chi connectivity index (χ4v) is 5.26. The highest BCUT2D eigenvalue weighted by atomic mass is 79.9. The molecule has 0 unspecified atom stereocenters. The molecule has 0 N–H and O–H groups in total. The molecule has 0 aliphatic carbocycles. The number of carbonyl (C=O) groups excluding carboxylic acids is 1. The van der Waals surface area contributed by atoms with Gasteiger partial charge in [0.2, 0.25) is 0 Å². The van der Waals surface area contributed by atoms with Gasteiger partial charge >= 0.3 is 5.97 Å². The minimum atomic E-state index is -0.576. The molecule has 0 bridgehead atoms. The number of rotatable bonds is 6.